The number of aryl methyl sites for hydroxylation is 1. The van der Waals surface area contributed by atoms with Gasteiger partial charge in [-0.3, -0.25) is 14.3 Å². The van der Waals surface area contributed by atoms with Crippen LogP contribution in [0.4, 0.5) is 0 Å². The van der Waals surface area contributed by atoms with Gasteiger partial charge in [-0.1, -0.05) is 36.4 Å². The molecule has 0 aliphatic heterocycles. The highest BCUT2D eigenvalue weighted by Gasteiger charge is 2.13. The molecule has 6 nitrogen and oxygen atoms in total. The number of carbonyl (C=O) groups is 2. The van der Waals surface area contributed by atoms with Crippen molar-refractivity contribution >= 4 is 23.2 Å². The highest BCUT2D eigenvalue weighted by atomic mass is 32.1. The van der Waals surface area contributed by atoms with Crippen molar-refractivity contribution in [2.24, 2.45) is 0 Å². The molecule has 2 amide bonds. The highest BCUT2D eigenvalue weighted by Crippen LogP contribution is 2.14. The van der Waals surface area contributed by atoms with Gasteiger partial charge in [-0.2, -0.15) is 5.10 Å². The van der Waals surface area contributed by atoms with Crippen LogP contribution in [0.15, 0.2) is 47.8 Å². The molecule has 2 aromatic heterocycles. The summed E-state index contributed by atoms with van der Waals surface area (Å²) >= 11 is 1.38. The number of amides is 2. The number of benzene rings is 1. The zero-order valence-electron chi connectivity index (χ0n) is 16.1. The number of carbonyl (C=O) groups excluding carboxylic acids is 2. The second-order valence-electron chi connectivity index (χ2n) is 6.55. The maximum Gasteiger partial charge on any atom is 0.261 e. The highest BCUT2D eigenvalue weighted by molar-refractivity contribution is 7.12. The SMILES string of the molecule is Cc1nn(Cc2ccccc2)c(C)c1CNC(=O)CCNC(=O)c1cccs1. The van der Waals surface area contributed by atoms with Crippen molar-refractivity contribution in [2.45, 2.75) is 33.4 Å². The summed E-state index contributed by atoms with van der Waals surface area (Å²) in [5, 5.41) is 12.1. The molecule has 0 unspecified atom stereocenters. The molecule has 0 atom stereocenters. The van der Waals surface area contributed by atoms with Crippen molar-refractivity contribution < 1.29 is 9.59 Å². The molecule has 2 heterocycles. The fourth-order valence-electron chi connectivity index (χ4n) is 2.96. The van der Waals surface area contributed by atoms with E-state index >= 15 is 0 Å². The van der Waals surface area contributed by atoms with Gasteiger partial charge in [-0.25, -0.2) is 0 Å². The van der Waals surface area contributed by atoms with Gasteiger partial charge >= 0.3 is 0 Å². The Balaban J connectivity index is 1.48. The van der Waals surface area contributed by atoms with Crippen molar-refractivity contribution in [3.63, 3.8) is 0 Å². The molecule has 0 spiro atoms. The van der Waals surface area contributed by atoms with Crippen LogP contribution in [-0.4, -0.2) is 28.1 Å². The van der Waals surface area contributed by atoms with Crippen LogP contribution in [0.2, 0.25) is 0 Å². The van der Waals surface area contributed by atoms with Crippen LogP contribution in [-0.2, 0) is 17.9 Å². The van der Waals surface area contributed by atoms with E-state index in [2.05, 4.69) is 27.9 Å². The predicted octanol–water partition coefficient (Wildman–Crippen LogP) is 3.05. The standard InChI is InChI=1S/C21H24N4O2S/c1-15-18(16(2)25(24-15)14-17-7-4-3-5-8-17)13-23-20(26)10-11-22-21(27)19-9-6-12-28-19/h3-9,12H,10-11,13-14H2,1-2H3,(H,22,27)(H,23,26). The van der Waals surface area contributed by atoms with Crippen molar-refractivity contribution in [1.29, 1.82) is 0 Å². The van der Waals surface area contributed by atoms with Crippen LogP contribution in [0.5, 0.6) is 0 Å². The van der Waals surface area contributed by atoms with Crippen LogP contribution in [0.25, 0.3) is 0 Å². The zero-order valence-corrected chi connectivity index (χ0v) is 16.9. The summed E-state index contributed by atoms with van der Waals surface area (Å²) in [5.41, 5.74) is 4.18. The van der Waals surface area contributed by atoms with E-state index in [1.165, 1.54) is 16.9 Å². The number of hydrogen-bond acceptors (Lipinski definition) is 4. The third kappa shape index (κ3) is 5.07. The van der Waals surface area contributed by atoms with Gasteiger partial charge in [0.05, 0.1) is 17.1 Å². The Labute approximate surface area is 168 Å². The number of nitrogens with one attached hydrogen (secondary N) is 2. The monoisotopic (exact) mass is 396 g/mol. The van der Waals surface area contributed by atoms with E-state index in [4.69, 9.17) is 0 Å². The summed E-state index contributed by atoms with van der Waals surface area (Å²) in [6, 6.07) is 13.8. The Bertz CT molecular complexity index is 933. The zero-order chi connectivity index (χ0) is 19.9. The fraction of sp³-hybridized carbons (Fsp3) is 0.286. The Morgan fingerprint density at radius 2 is 1.86 bits per heavy atom. The molecule has 1 aromatic carbocycles. The van der Waals surface area contributed by atoms with E-state index in [0.29, 0.717) is 24.5 Å². The molecule has 3 aromatic rings. The summed E-state index contributed by atoms with van der Waals surface area (Å²) in [6.07, 6.45) is 0.243. The maximum atomic E-state index is 12.1. The molecule has 28 heavy (non-hydrogen) atoms. The molecular weight excluding hydrogens is 372 g/mol. The number of aromatic nitrogens is 2. The predicted molar refractivity (Wildman–Crippen MR) is 110 cm³/mol. The first-order valence-corrected chi connectivity index (χ1v) is 10.1. The number of nitrogens with zero attached hydrogens (tertiary/aromatic N) is 2. The molecule has 3 rings (SSSR count). The minimum absolute atomic E-state index is 0.0962. The lowest BCUT2D eigenvalue weighted by molar-refractivity contribution is -0.121. The smallest absolute Gasteiger partial charge is 0.261 e. The van der Waals surface area contributed by atoms with Crippen LogP contribution in [0, 0.1) is 13.8 Å². The molecular formula is C21H24N4O2S. The van der Waals surface area contributed by atoms with E-state index in [9.17, 15) is 9.59 Å². The Hall–Kier alpha value is -2.93. The lowest BCUT2D eigenvalue weighted by Gasteiger charge is -2.08. The lowest BCUT2D eigenvalue weighted by Crippen LogP contribution is -2.30. The van der Waals surface area contributed by atoms with Crippen molar-refractivity contribution in [3.05, 3.63) is 75.2 Å². The minimum Gasteiger partial charge on any atom is -0.352 e. The van der Waals surface area contributed by atoms with Gasteiger partial charge in [0.2, 0.25) is 5.91 Å². The van der Waals surface area contributed by atoms with Gasteiger partial charge in [-0.15, -0.1) is 11.3 Å². The van der Waals surface area contributed by atoms with E-state index in [0.717, 1.165) is 17.0 Å². The second-order valence-corrected chi connectivity index (χ2v) is 7.50. The first-order valence-electron chi connectivity index (χ1n) is 9.20. The maximum absolute atomic E-state index is 12.1. The number of thiophene rings is 1. The van der Waals surface area contributed by atoms with Gasteiger partial charge in [0.1, 0.15) is 0 Å². The van der Waals surface area contributed by atoms with Crippen LogP contribution in [0.3, 0.4) is 0 Å². The summed E-state index contributed by atoms with van der Waals surface area (Å²) in [5.74, 6) is -0.238. The molecule has 0 saturated heterocycles. The third-order valence-electron chi connectivity index (χ3n) is 4.55. The van der Waals surface area contributed by atoms with Crippen LogP contribution in [0.1, 0.15) is 38.6 Å². The van der Waals surface area contributed by atoms with Gasteiger partial charge < -0.3 is 10.6 Å². The van der Waals surface area contributed by atoms with Gasteiger partial charge in [0.15, 0.2) is 0 Å². The molecule has 0 radical (unpaired) electrons. The van der Waals surface area contributed by atoms with E-state index in [1.807, 2.05) is 48.2 Å². The second kappa shape index (κ2) is 9.32. The van der Waals surface area contributed by atoms with Crippen molar-refractivity contribution in [1.82, 2.24) is 20.4 Å². The first kappa shape index (κ1) is 19.8. The Kier molecular flexibility index (Phi) is 6.60. The quantitative estimate of drug-likeness (QED) is 0.614. The average Bonchev–Trinajstić information content (AvgIpc) is 3.31. The molecule has 0 fully saturated rings. The topological polar surface area (TPSA) is 76.0 Å². The van der Waals surface area contributed by atoms with Crippen molar-refractivity contribution in [2.75, 3.05) is 6.54 Å². The molecule has 0 saturated carbocycles. The summed E-state index contributed by atoms with van der Waals surface area (Å²) in [7, 11) is 0. The van der Waals surface area contributed by atoms with Crippen molar-refractivity contribution in [3.8, 4) is 0 Å². The molecule has 0 bridgehead atoms. The minimum atomic E-state index is -0.142. The Morgan fingerprint density at radius 1 is 1.07 bits per heavy atom. The Morgan fingerprint density at radius 3 is 2.57 bits per heavy atom. The van der Waals surface area contributed by atoms with E-state index < -0.39 is 0 Å². The van der Waals surface area contributed by atoms with Gasteiger partial charge in [0.25, 0.3) is 5.91 Å². The largest absolute Gasteiger partial charge is 0.352 e. The number of rotatable bonds is 8. The molecule has 0 aliphatic carbocycles. The van der Waals surface area contributed by atoms with Crippen LogP contribution >= 0.6 is 11.3 Å². The normalized spacial score (nSPS) is 10.6. The van der Waals surface area contributed by atoms with E-state index in [-0.39, 0.29) is 18.2 Å². The van der Waals surface area contributed by atoms with Gasteiger partial charge in [-0.05, 0) is 30.9 Å². The first-order chi connectivity index (χ1) is 13.5. The van der Waals surface area contributed by atoms with Crippen LogP contribution < -0.4 is 10.6 Å². The van der Waals surface area contributed by atoms with Gasteiger partial charge in [0, 0.05) is 30.8 Å². The molecule has 2 N–H and O–H groups in total. The summed E-state index contributed by atoms with van der Waals surface area (Å²) < 4.78 is 1.97. The summed E-state index contributed by atoms with van der Waals surface area (Å²) in [6.45, 7) is 5.43. The molecule has 146 valence electrons. The molecule has 0 aliphatic rings. The third-order valence-corrected chi connectivity index (χ3v) is 5.42. The number of hydrogen-bond donors (Lipinski definition) is 2. The van der Waals surface area contributed by atoms with E-state index in [1.54, 1.807) is 6.07 Å². The lowest BCUT2D eigenvalue weighted by atomic mass is 10.2. The summed E-state index contributed by atoms with van der Waals surface area (Å²) in [4.78, 5) is 24.6. The average molecular weight is 397 g/mol. The fourth-order valence-corrected chi connectivity index (χ4v) is 3.60. The molecule has 7 heteroatoms.